The quantitative estimate of drug-likeness (QED) is 0.590. The van der Waals surface area contributed by atoms with E-state index in [4.69, 9.17) is 9.47 Å². The van der Waals surface area contributed by atoms with Crippen molar-refractivity contribution in [3.63, 3.8) is 0 Å². The Kier molecular flexibility index (Phi) is 8.14. The van der Waals surface area contributed by atoms with Crippen LogP contribution in [0.2, 0.25) is 0 Å². The second-order valence-electron chi connectivity index (χ2n) is 6.55. The number of anilines is 2. The van der Waals surface area contributed by atoms with E-state index in [1.807, 2.05) is 24.3 Å². The van der Waals surface area contributed by atoms with Gasteiger partial charge in [-0.15, -0.1) is 10.2 Å². The summed E-state index contributed by atoms with van der Waals surface area (Å²) in [6.07, 6.45) is 1.16. The number of benzene rings is 1. The van der Waals surface area contributed by atoms with Gasteiger partial charge in [-0.1, -0.05) is 29.2 Å². The number of nitrogens with one attached hydrogen (secondary N) is 2. The summed E-state index contributed by atoms with van der Waals surface area (Å²) in [6, 6.07) is 7.61. The normalized spacial score (nSPS) is 14.3. The number of piperidine rings is 1. The van der Waals surface area contributed by atoms with Gasteiger partial charge in [-0.25, -0.2) is 4.79 Å². The molecule has 11 heteroatoms. The van der Waals surface area contributed by atoms with Gasteiger partial charge in [0, 0.05) is 30.9 Å². The van der Waals surface area contributed by atoms with Crippen LogP contribution in [-0.2, 0) is 9.53 Å². The molecule has 0 spiro atoms. The molecule has 3 rings (SSSR count). The highest BCUT2D eigenvalue weighted by molar-refractivity contribution is 8.01. The minimum absolute atomic E-state index is 0.0490. The molecule has 1 aliphatic rings. The molecule has 1 fully saturated rings. The van der Waals surface area contributed by atoms with E-state index < -0.39 is 0 Å². The number of nitrogens with zero attached hydrogens (tertiary/aromatic N) is 3. The molecule has 0 atom stereocenters. The number of methoxy groups -OCH3 is 1. The second-order valence-corrected chi connectivity index (χ2v) is 8.75. The summed E-state index contributed by atoms with van der Waals surface area (Å²) in [5.74, 6) is 0.974. The Morgan fingerprint density at radius 2 is 2.10 bits per heavy atom. The number of ether oxygens (including phenoxy) is 2. The molecule has 0 radical (unpaired) electrons. The van der Waals surface area contributed by atoms with Crippen LogP contribution in [0.3, 0.4) is 0 Å². The van der Waals surface area contributed by atoms with E-state index in [0.717, 1.165) is 24.3 Å². The Balaban J connectivity index is 1.40. The minimum atomic E-state index is -0.285. The van der Waals surface area contributed by atoms with Gasteiger partial charge in [0.2, 0.25) is 11.0 Å². The molecule has 1 aliphatic heterocycles. The molecular weight excluding hydrogens is 426 g/mol. The SMILES string of the molecule is CCOC(=O)N1CCC(NC(=O)CSc2nnc(Nc3cccc(OC)c3)s2)CC1. The van der Waals surface area contributed by atoms with Crippen molar-refractivity contribution >= 4 is 45.9 Å². The summed E-state index contributed by atoms with van der Waals surface area (Å²) in [7, 11) is 1.62. The predicted molar refractivity (Wildman–Crippen MR) is 117 cm³/mol. The predicted octanol–water partition coefficient (Wildman–Crippen LogP) is 3.12. The zero-order valence-electron chi connectivity index (χ0n) is 16.9. The molecule has 2 amide bonds. The molecule has 1 saturated heterocycles. The molecule has 0 aliphatic carbocycles. The van der Waals surface area contributed by atoms with Gasteiger partial charge < -0.3 is 25.0 Å². The van der Waals surface area contributed by atoms with Crippen molar-refractivity contribution < 1.29 is 19.1 Å². The Bertz CT molecular complexity index is 855. The Morgan fingerprint density at radius 3 is 2.83 bits per heavy atom. The molecule has 2 N–H and O–H groups in total. The lowest BCUT2D eigenvalue weighted by Crippen LogP contribution is -2.47. The Morgan fingerprint density at radius 1 is 1.30 bits per heavy atom. The van der Waals surface area contributed by atoms with Crippen molar-refractivity contribution in [3.8, 4) is 5.75 Å². The molecule has 0 unspecified atom stereocenters. The van der Waals surface area contributed by atoms with Gasteiger partial charge in [-0.3, -0.25) is 4.79 Å². The second kappa shape index (κ2) is 11.0. The van der Waals surface area contributed by atoms with Gasteiger partial charge in [0.1, 0.15) is 5.75 Å². The molecule has 1 aromatic heterocycles. The standard InChI is InChI=1S/C19H25N5O4S2/c1-3-28-19(26)24-9-7-13(8-10-24)20-16(25)12-29-18-23-22-17(30-18)21-14-5-4-6-15(11-14)27-2/h4-6,11,13H,3,7-10,12H2,1-2H3,(H,20,25)(H,21,22). The van der Waals surface area contributed by atoms with Crippen molar-refractivity contribution in [2.75, 3.05) is 37.9 Å². The highest BCUT2D eigenvalue weighted by Crippen LogP contribution is 2.28. The van der Waals surface area contributed by atoms with E-state index in [-0.39, 0.29) is 23.8 Å². The van der Waals surface area contributed by atoms with Crippen LogP contribution in [0.1, 0.15) is 19.8 Å². The maximum Gasteiger partial charge on any atom is 0.409 e. The Hall–Kier alpha value is -2.53. The van der Waals surface area contributed by atoms with Crippen LogP contribution in [0, 0.1) is 0 Å². The first-order chi connectivity index (χ1) is 14.6. The molecule has 2 heterocycles. The summed E-state index contributed by atoms with van der Waals surface area (Å²) in [5.41, 5.74) is 0.856. The third kappa shape index (κ3) is 6.49. The lowest BCUT2D eigenvalue weighted by Gasteiger charge is -2.31. The molecule has 2 aromatic rings. The third-order valence-electron chi connectivity index (χ3n) is 4.44. The molecule has 1 aromatic carbocycles. The largest absolute Gasteiger partial charge is 0.497 e. The monoisotopic (exact) mass is 451 g/mol. The summed E-state index contributed by atoms with van der Waals surface area (Å²) in [4.78, 5) is 25.7. The fraction of sp³-hybridized carbons (Fsp3) is 0.474. The van der Waals surface area contributed by atoms with Crippen molar-refractivity contribution in [1.82, 2.24) is 20.4 Å². The Labute approximate surface area is 183 Å². The van der Waals surface area contributed by atoms with E-state index in [1.54, 1.807) is 18.9 Å². The summed E-state index contributed by atoms with van der Waals surface area (Å²) >= 11 is 2.74. The number of carbonyl (C=O) groups excluding carboxylic acids is 2. The summed E-state index contributed by atoms with van der Waals surface area (Å²) in [6.45, 7) is 3.34. The average molecular weight is 452 g/mol. The van der Waals surface area contributed by atoms with Crippen LogP contribution in [0.4, 0.5) is 15.6 Å². The number of carbonyl (C=O) groups is 2. The number of hydrogen-bond donors (Lipinski definition) is 2. The number of amides is 2. The van der Waals surface area contributed by atoms with Crippen LogP contribution < -0.4 is 15.4 Å². The van der Waals surface area contributed by atoms with Gasteiger partial charge >= 0.3 is 6.09 Å². The van der Waals surface area contributed by atoms with E-state index in [0.29, 0.717) is 29.2 Å². The van der Waals surface area contributed by atoms with Gasteiger partial charge in [0.15, 0.2) is 4.34 Å². The highest BCUT2D eigenvalue weighted by Gasteiger charge is 2.24. The molecule has 0 saturated carbocycles. The van der Waals surface area contributed by atoms with Crippen molar-refractivity contribution in [2.24, 2.45) is 0 Å². The van der Waals surface area contributed by atoms with Gasteiger partial charge in [-0.05, 0) is 31.9 Å². The molecule has 9 nitrogen and oxygen atoms in total. The average Bonchev–Trinajstić information content (AvgIpc) is 3.20. The lowest BCUT2D eigenvalue weighted by atomic mass is 10.1. The van der Waals surface area contributed by atoms with Crippen LogP contribution in [0.5, 0.6) is 5.75 Å². The lowest BCUT2D eigenvalue weighted by molar-refractivity contribution is -0.119. The van der Waals surface area contributed by atoms with E-state index in [1.165, 1.54) is 23.1 Å². The number of aromatic nitrogens is 2. The first-order valence-electron chi connectivity index (χ1n) is 9.65. The molecule has 30 heavy (non-hydrogen) atoms. The van der Waals surface area contributed by atoms with Gasteiger partial charge in [-0.2, -0.15) is 0 Å². The topological polar surface area (TPSA) is 106 Å². The van der Waals surface area contributed by atoms with Gasteiger partial charge in [0.25, 0.3) is 0 Å². The maximum atomic E-state index is 12.3. The van der Waals surface area contributed by atoms with Crippen LogP contribution in [-0.4, -0.2) is 65.7 Å². The van der Waals surface area contributed by atoms with E-state index >= 15 is 0 Å². The van der Waals surface area contributed by atoms with Crippen molar-refractivity contribution in [2.45, 2.75) is 30.1 Å². The van der Waals surface area contributed by atoms with Crippen LogP contribution in [0.25, 0.3) is 0 Å². The van der Waals surface area contributed by atoms with Gasteiger partial charge in [0.05, 0.1) is 19.5 Å². The van der Waals surface area contributed by atoms with Crippen molar-refractivity contribution in [1.29, 1.82) is 0 Å². The fourth-order valence-corrected chi connectivity index (χ4v) is 4.54. The number of hydrogen-bond acceptors (Lipinski definition) is 9. The first-order valence-corrected chi connectivity index (χ1v) is 11.5. The van der Waals surface area contributed by atoms with Crippen LogP contribution in [0.15, 0.2) is 28.6 Å². The number of thioether (sulfide) groups is 1. The van der Waals surface area contributed by atoms with E-state index in [2.05, 4.69) is 20.8 Å². The van der Waals surface area contributed by atoms with Crippen molar-refractivity contribution in [3.05, 3.63) is 24.3 Å². The minimum Gasteiger partial charge on any atom is -0.497 e. The summed E-state index contributed by atoms with van der Waals surface area (Å²) < 4.78 is 10.9. The zero-order chi connectivity index (χ0) is 21.3. The maximum absolute atomic E-state index is 12.3. The molecule has 162 valence electrons. The molecule has 0 bridgehead atoms. The number of rotatable bonds is 8. The third-order valence-corrected chi connectivity index (χ3v) is 6.41. The summed E-state index contributed by atoms with van der Waals surface area (Å²) in [5, 5.41) is 15.1. The smallest absolute Gasteiger partial charge is 0.409 e. The van der Waals surface area contributed by atoms with Crippen LogP contribution >= 0.6 is 23.1 Å². The zero-order valence-corrected chi connectivity index (χ0v) is 18.6. The highest BCUT2D eigenvalue weighted by atomic mass is 32.2. The first kappa shape index (κ1) is 22.2. The number of likely N-dealkylation sites (tertiary alicyclic amines) is 1. The fourth-order valence-electron chi connectivity index (χ4n) is 2.96. The molecular formula is C19H25N5O4S2. The van der Waals surface area contributed by atoms with E-state index in [9.17, 15) is 9.59 Å².